The molecule has 0 saturated carbocycles. The molecule has 2 fully saturated rings. The zero-order valence-electron chi connectivity index (χ0n) is 14.3. The molecule has 3 aliphatic heterocycles. The van der Waals surface area contributed by atoms with E-state index in [2.05, 4.69) is 0 Å². The van der Waals surface area contributed by atoms with Crippen molar-refractivity contribution in [3.63, 3.8) is 0 Å². The number of carbonyl (C=O) groups is 2. The third-order valence-electron chi connectivity index (χ3n) is 5.33. The smallest absolute Gasteiger partial charge is 0.312 e. The lowest BCUT2D eigenvalue weighted by atomic mass is 9.77. The highest BCUT2D eigenvalue weighted by molar-refractivity contribution is 6.31. The summed E-state index contributed by atoms with van der Waals surface area (Å²) in [5.41, 5.74) is -0.347. The quantitative estimate of drug-likeness (QED) is 0.448. The molecule has 2 saturated heterocycles. The molecule has 3 aliphatic rings. The summed E-state index contributed by atoms with van der Waals surface area (Å²) in [5, 5.41) is -0.0545. The van der Waals surface area contributed by atoms with Crippen LogP contribution in [0.5, 0.6) is 0 Å². The first kappa shape index (κ1) is 17.5. The van der Waals surface area contributed by atoms with Gasteiger partial charge in [0.2, 0.25) is 5.91 Å². The van der Waals surface area contributed by atoms with Gasteiger partial charge in [-0.25, -0.2) is 4.39 Å². The number of benzene rings is 1. The Morgan fingerprint density at radius 2 is 2.31 bits per heavy atom. The van der Waals surface area contributed by atoms with Crippen LogP contribution in [-0.4, -0.2) is 36.7 Å². The van der Waals surface area contributed by atoms with Crippen LogP contribution in [0.15, 0.2) is 30.4 Å². The fourth-order valence-electron chi connectivity index (χ4n) is 4.05. The van der Waals surface area contributed by atoms with Gasteiger partial charge in [0.1, 0.15) is 17.3 Å². The molecule has 4 unspecified atom stereocenters. The van der Waals surface area contributed by atoms with E-state index in [9.17, 15) is 14.0 Å². The molecule has 0 N–H and O–H groups in total. The minimum Gasteiger partial charge on any atom is -0.465 e. The third kappa shape index (κ3) is 2.55. The van der Waals surface area contributed by atoms with E-state index in [1.54, 1.807) is 0 Å². The van der Waals surface area contributed by atoms with E-state index in [1.165, 1.54) is 23.1 Å². The minimum atomic E-state index is -0.836. The average Bonchev–Trinajstić information content (AvgIpc) is 3.26. The van der Waals surface area contributed by atoms with Crippen molar-refractivity contribution >= 4 is 29.2 Å². The molecule has 1 amide bonds. The summed E-state index contributed by atoms with van der Waals surface area (Å²) < 4.78 is 24.8. The largest absolute Gasteiger partial charge is 0.465 e. The number of halogens is 2. The van der Waals surface area contributed by atoms with Gasteiger partial charge in [0.25, 0.3) is 0 Å². The van der Waals surface area contributed by atoms with Gasteiger partial charge in [-0.15, -0.1) is 0 Å². The van der Waals surface area contributed by atoms with Crippen molar-refractivity contribution in [1.29, 1.82) is 0 Å². The highest BCUT2D eigenvalue weighted by Crippen LogP contribution is 2.53. The zero-order chi connectivity index (χ0) is 18.5. The van der Waals surface area contributed by atoms with E-state index in [0.29, 0.717) is 12.3 Å². The molecule has 5 nitrogen and oxygen atoms in total. The summed E-state index contributed by atoms with van der Waals surface area (Å²) >= 11 is 5.86. The zero-order valence-corrected chi connectivity index (χ0v) is 15.0. The van der Waals surface area contributed by atoms with Gasteiger partial charge < -0.3 is 14.4 Å². The number of unbranched alkanes of at least 4 members (excludes halogenated alkanes) is 1. The first-order chi connectivity index (χ1) is 12.5. The first-order valence-electron chi connectivity index (χ1n) is 8.77. The molecule has 0 aromatic heterocycles. The summed E-state index contributed by atoms with van der Waals surface area (Å²) in [6.07, 6.45) is 4.96. The number of carbonyl (C=O) groups excluding carboxylic acids is 2. The molecule has 26 heavy (non-hydrogen) atoms. The van der Waals surface area contributed by atoms with E-state index >= 15 is 0 Å². The van der Waals surface area contributed by atoms with Crippen LogP contribution in [0.4, 0.5) is 10.1 Å². The fraction of sp³-hybridized carbons (Fsp3) is 0.474. The summed E-state index contributed by atoms with van der Waals surface area (Å²) in [5.74, 6) is -2.44. The molecule has 4 rings (SSSR count). The van der Waals surface area contributed by atoms with Crippen LogP contribution >= 0.6 is 11.6 Å². The van der Waals surface area contributed by atoms with Crippen LogP contribution in [0.2, 0.25) is 5.02 Å². The Morgan fingerprint density at radius 1 is 1.50 bits per heavy atom. The van der Waals surface area contributed by atoms with Crippen molar-refractivity contribution in [3.05, 3.63) is 41.2 Å². The molecule has 1 spiro atoms. The molecule has 0 aliphatic carbocycles. The molecular weight excluding hydrogens is 361 g/mol. The Morgan fingerprint density at radius 3 is 3.04 bits per heavy atom. The van der Waals surface area contributed by atoms with Gasteiger partial charge in [-0.3, -0.25) is 9.59 Å². The monoisotopic (exact) mass is 379 g/mol. The second-order valence-electron chi connectivity index (χ2n) is 6.94. The van der Waals surface area contributed by atoms with E-state index < -0.39 is 35.3 Å². The molecule has 1 aromatic carbocycles. The van der Waals surface area contributed by atoms with Crippen molar-refractivity contribution in [2.45, 2.75) is 31.5 Å². The number of amides is 1. The number of hydrogen-bond donors (Lipinski definition) is 0. The van der Waals surface area contributed by atoms with E-state index in [4.69, 9.17) is 21.1 Å². The van der Waals surface area contributed by atoms with Gasteiger partial charge in [-0.05, 0) is 24.6 Å². The SMILES string of the molecule is CCCCOC(=O)C1C2C=CC3(CN(c4ccc(F)c(Cl)c4)C(=O)C13)O2. The Hall–Kier alpha value is -1.92. The van der Waals surface area contributed by atoms with Gasteiger partial charge in [-0.1, -0.05) is 37.1 Å². The van der Waals surface area contributed by atoms with Crippen LogP contribution in [0.3, 0.4) is 0 Å². The van der Waals surface area contributed by atoms with Crippen molar-refractivity contribution in [2.24, 2.45) is 11.8 Å². The van der Waals surface area contributed by atoms with Crippen molar-refractivity contribution in [3.8, 4) is 0 Å². The number of rotatable bonds is 5. The molecule has 138 valence electrons. The lowest BCUT2D eigenvalue weighted by molar-refractivity contribution is -0.152. The Balaban J connectivity index is 1.60. The van der Waals surface area contributed by atoms with Gasteiger partial charge >= 0.3 is 5.97 Å². The Kier molecular flexibility index (Phi) is 4.28. The van der Waals surface area contributed by atoms with Crippen molar-refractivity contribution in [1.82, 2.24) is 0 Å². The maximum Gasteiger partial charge on any atom is 0.312 e. The van der Waals surface area contributed by atoms with Gasteiger partial charge in [-0.2, -0.15) is 0 Å². The normalized spacial score (nSPS) is 31.6. The molecule has 3 heterocycles. The highest BCUT2D eigenvalue weighted by atomic mass is 35.5. The maximum atomic E-state index is 13.4. The average molecular weight is 380 g/mol. The predicted octanol–water partition coefficient (Wildman–Crippen LogP) is 3.11. The minimum absolute atomic E-state index is 0.0545. The summed E-state index contributed by atoms with van der Waals surface area (Å²) in [6, 6.07) is 4.14. The van der Waals surface area contributed by atoms with E-state index in [0.717, 1.165) is 12.8 Å². The van der Waals surface area contributed by atoms with Crippen LogP contribution in [0.25, 0.3) is 0 Å². The summed E-state index contributed by atoms with van der Waals surface area (Å²) in [6.45, 7) is 2.62. The molecule has 1 aromatic rings. The van der Waals surface area contributed by atoms with Crippen LogP contribution in [0, 0.1) is 17.7 Å². The highest BCUT2D eigenvalue weighted by Gasteiger charge is 2.67. The number of fused-ring (bicyclic) bond motifs is 1. The molecular formula is C19H19ClFNO4. The van der Waals surface area contributed by atoms with Crippen LogP contribution < -0.4 is 4.90 Å². The standard InChI is InChI=1S/C19H19ClFNO4/c1-2-3-8-25-18(24)15-14-6-7-19(26-14)10-22(17(23)16(15)19)11-4-5-13(21)12(20)9-11/h4-7,9,14-16H,2-3,8,10H2,1H3. The number of nitrogens with zero attached hydrogens (tertiary/aromatic N) is 1. The lowest BCUT2D eigenvalue weighted by Crippen LogP contribution is -2.40. The van der Waals surface area contributed by atoms with Crippen molar-refractivity contribution in [2.75, 3.05) is 18.1 Å². The number of esters is 1. The van der Waals surface area contributed by atoms with Gasteiger partial charge in [0.05, 0.1) is 30.2 Å². The summed E-state index contributed by atoms with van der Waals surface area (Å²) in [4.78, 5) is 27.1. The van der Waals surface area contributed by atoms with Gasteiger partial charge in [0, 0.05) is 5.69 Å². The van der Waals surface area contributed by atoms with Crippen LogP contribution in [-0.2, 0) is 19.1 Å². The third-order valence-corrected chi connectivity index (χ3v) is 5.62. The van der Waals surface area contributed by atoms with Crippen LogP contribution in [0.1, 0.15) is 19.8 Å². The maximum absolute atomic E-state index is 13.4. The second kappa shape index (κ2) is 6.35. The van der Waals surface area contributed by atoms with E-state index in [1.807, 2.05) is 19.1 Å². The topological polar surface area (TPSA) is 55.8 Å². The molecule has 0 radical (unpaired) electrons. The van der Waals surface area contributed by atoms with Crippen molar-refractivity contribution < 1.29 is 23.5 Å². The summed E-state index contributed by atoms with van der Waals surface area (Å²) in [7, 11) is 0. The second-order valence-corrected chi connectivity index (χ2v) is 7.35. The number of hydrogen-bond acceptors (Lipinski definition) is 4. The lowest BCUT2D eigenvalue weighted by Gasteiger charge is -2.22. The molecule has 7 heteroatoms. The van der Waals surface area contributed by atoms with Gasteiger partial charge in [0.15, 0.2) is 0 Å². The predicted molar refractivity (Wildman–Crippen MR) is 93.4 cm³/mol. The fourth-order valence-corrected chi connectivity index (χ4v) is 4.23. The number of anilines is 1. The Bertz CT molecular complexity index is 798. The number of ether oxygens (including phenoxy) is 2. The first-order valence-corrected chi connectivity index (χ1v) is 9.15. The Labute approximate surface area is 155 Å². The van der Waals surface area contributed by atoms with E-state index in [-0.39, 0.29) is 17.5 Å². The molecule has 4 atom stereocenters. The molecule has 2 bridgehead atoms.